The predicted octanol–water partition coefficient (Wildman–Crippen LogP) is 3.17. The third-order valence-electron chi connectivity index (χ3n) is 3.97. The first-order valence-corrected chi connectivity index (χ1v) is 7.78. The van der Waals surface area contributed by atoms with E-state index < -0.39 is 29.5 Å². The van der Waals surface area contributed by atoms with Crippen LogP contribution in [0.15, 0.2) is 12.2 Å². The van der Waals surface area contributed by atoms with Gasteiger partial charge in [-0.25, -0.2) is 4.79 Å². The van der Waals surface area contributed by atoms with Gasteiger partial charge in [0.05, 0.1) is 0 Å². The first-order chi connectivity index (χ1) is 10.5. The fourth-order valence-electron chi connectivity index (χ4n) is 2.21. The number of alkyl halides is 2. The van der Waals surface area contributed by atoms with E-state index in [0.29, 0.717) is 13.1 Å². The van der Waals surface area contributed by atoms with Crippen LogP contribution in [0.1, 0.15) is 47.5 Å². The summed E-state index contributed by atoms with van der Waals surface area (Å²) in [5.41, 5.74) is -2.22. The van der Waals surface area contributed by atoms with Crippen molar-refractivity contribution in [3.63, 3.8) is 0 Å². The van der Waals surface area contributed by atoms with Gasteiger partial charge in [0.1, 0.15) is 6.10 Å². The molecule has 0 fully saturated rings. The third kappa shape index (κ3) is 4.50. The lowest BCUT2D eigenvalue weighted by atomic mass is 9.85. The van der Waals surface area contributed by atoms with Crippen LogP contribution >= 0.6 is 0 Å². The second kappa shape index (κ2) is 8.38. The van der Waals surface area contributed by atoms with Gasteiger partial charge < -0.3 is 14.7 Å². The van der Waals surface area contributed by atoms with E-state index in [4.69, 9.17) is 4.74 Å². The quantitative estimate of drug-likeness (QED) is 0.657. The fraction of sp³-hybridized carbons (Fsp3) is 0.750. The highest BCUT2D eigenvalue weighted by atomic mass is 19.3. The molecule has 0 spiro atoms. The molecule has 1 atom stereocenters. The number of aliphatic hydroxyl groups is 1. The monoisotopic (exact) mass is 335 g/mol. The summed E-state index contributed by atoms with van der Waals surface area (Å²) in [6.07, 6.45) is -3.38. The zero-order valence-corrected chi connectivity index (χ0v) is 14.5. The molecule has 0 saturated heterocycles. The Hall–Kier alpha value is -1.50. The molecule has 0 radical (unpaired) electrons. The Morgan fingerprint density at radius 1 is 1.17 bits per heavy atom. The van der Waals surface area contributed by atoms with Crippen molar-refractivity contribution in [1.29, 1.82) is 0 Å². The number of rotatable bonds is 9. The average molecular weight is 335 g/mol. The molecule has 23 heavy (non-hydrogen) atoms. The highest BCUT2D eigenvalue weighted by molar-refractivity contribution is 5.95. The Morgan fingerprint density at radius 3 is 1.91 bits per heavy atom. The molecule has 0 aromatic heterocycles. The maximum absolute atomic E-state index is 14.3. The van der Waals surface area contributed by atoms with Crippen molar-refractivity contribution >= 4 is 11.9 Å². The van der Waals surface area contributed by atoms with E-state index in [-0.39, 0.29) is 18.4 Å². The molecule has 5 nitrogen and oxygen atoms in total. The molecular formula is C16H27F2NO4. The van der Waals surface area contributed by atoms with Gasteiger partial charge in [-0.2, -0.15) is 8.78 Å². The molecule has 1 N–H and O–H groups in total. The number of Topliss-reactive ketones (excluding diaryl/α,β-unsaturated/α-hetero) is 1. The van der Waals surface area contributed by atoms with Crippen LogP contribution in [0.5, 0.6) is 0 Å². The minimum atomic E-state index is -4.08. The van der Waals surface area contributed by atoms with E-state index in [1.54, 1.807) is 13.8 Å². The number of carbonyl (C=O) groups excluding carboxylic acids is 2. The lowest BCUT2D eigenvalue weighted by Crippen LogP contribution is -2.56. The molecule has 0 bridgehead atoms. The van der Waals surface area contributed by atoms with Gasteiger partial charge in [0.25, 0.3) is 0 Å². The van der Waals surface area contributed by atoms with Gasteiger partial charge in [0.2, 0.25) is 5.78 Å². The molecule has 0 saturated carbocycles. The topological polar surface area (TPSA) is 66.8 Å². The van der Waals surface area contributed by atoms with Crippen LogP contribution in [-0.4, -0.2) is 52.6 Å². The number of nitrogens with zero attached hydrogens (tertiary/aromatic N) is 1. The zero-order chi connectivity index (χ0) is 18.4. The standard InChI is InChI=1S/C16H27F2NO4/c1-7-15(8-2,23-14(22)19(9-3)10-4)13(21)16(17,18)12(20)11(5)6/h12,20H,5,7-10H2,1-4,6H3. The largest absolute Gasteiger partial charge is 0.435 e. The fourth-order valence-corrected chi connectivity index (χ4v) is 2.21. The second-order valence-corrected chi connectivity index (χ2v) is 5.44. The molecule has 0 aromatic carbocycles. The number of amides is 1. The molecule has 0 heterocycles. The van der Waals surface area contributed by atoms with E-state index in [1.165, 1.54) is 25.7 Å². The Balaban J connectivity index is 5.64. The van der Waals surface area contributed by atoms with Crippen molar-refractivity contribution in [2.45, 2.75) is 65.1 Å². The van der Waals surface area contributed by atoms with Crippen molar-refractivity contribution in [1.82, 2.24) is 4.90 Å². The Bertz CT molecular complexity index is 443. The van der Waals surface area contributed by atoms with Crippen LogP contribution in [-0.2, 0) is 9.53 Å². The van der Waals surface area contributed by atoms with Gasteiger partial charge in [0, 0.05) is 13.1 Å². The maximum Gasteiger partial charge on any atom is 0.410 e. The molecule has 134 valence electrons. The van der Waals surface area contributed by atoms with Crippen molar-refractivity contribution < 1.29 is 28.2 Å². The smallest absolute Gasteiger partial charge is 0.410 e. The first-order valence-electron chi connectivity index (χ1n) is 7.78. The van der Waals surface area contributed by atoms with Crippen molar-refractivity contribution in [3.8, 4) is 0 Å². The zero-order valence-electron chi connectivity index (χ0n) is 14.5. The molecule has 0 aliphatic carbocycles. The number of ketones is 1. The number of carbonyl (C=O) groups is 2. The SMILES string of the molecule is C=C(C)C(O)C(F)(F)C(=O)C(CC)(CC)OC(=O)N(CC)CC. The molecular weight excluding hydrogens is 308 g/mol. The highest BCUT2D eigenvalue weighted by Crippen LogP contribution is 2.35. The van der Waals surface area contributed by atoms with Crippen molar-refractivity contribution in [2.75, 3.05) is 13.1 Å². The molecule has 1 amide bonds. The van der Waals surface area contributed by atoms with Crippen molar-refractivity contribution in [3.05, 3.63) is 12.2 Å². The van der Waals surface area contributed by atoms with Crippen LogP contribution in [0.2, 0.25) is 0 Å². The van der Waals surface area contributed by atoms with Gasteiger partial charge in [-0.1, -0.05) is 20.4 Å². The molecule has 7 heteroatoms. The molecule has 0 aliphatic rings. The highest BCUT2D eigenvalue weighted by Gasteiger charge is 2.57. The maximum atomic E-state index is 14.3. The third-order valence-corrected chi connectivity index (χ3v) is 3.97. The minimum Gasteiger partial charge on any atom is -0.435 e. The Morgan fingerprint density at radius 2 is 1.61 bits per heavy atom. The lowest BCUT2D eigenvalue weighted by molar-refractivity contribution is -0.177. The molecule has 0 aromatic rings. The summed E-state index contributed by atoms with van der Waals surface area (Å²) in [5, 5.41) is 9.59. The summed E-state index contributed by atoms with van der Waals surface area (Å²) in [7, 11) is 0. The average Bonchev–Trinajstić information content (AvgIpc) is 2.52. The van der Waals surface area contributed by atoms with E-state index in [9.17, 15) is 23.5 Å². The van der Waals surface area contributed by atoms with E-state index in [0.717, 1.165) is 0 Å². The summed E-state index contributed by atoms with van der Waals surface area (Å²) in [6.45, 7) is 11.5. The van der Waals surface area contributed by atoms with Gasteiger partial charge >= 0.3 is 12.0 Å². The number of halogens is 2. The molecule has 0 rings (SSSR count). The normalized spacial score (nSPS) is 13.4. The van der Waals surface area contributed by atoms with E-state index >= 15 is 0 Å². The Labute approximate surface area is 136 Å². The number of hydrogen-bond donors (Lipinski definition) is 1. The first kappa shape index (κ1) is 21.5. The number of aliphatic hydroxyl groups excluding tert-OH is 1. The number of hydrogen-bond acceptors (Lipinski definition) is 4. The summed E-state index contributed by atoms with van der Waals surface area (Å²) >= 11 is 0. The predicted molar refractivity (Wildman–Crippen MR) is 83.5 cm³/mol. The summed E-state index contributed by atoms with van der Waals surface area (Å²) in [6, 6.07) is 0. The lowest BCUT2D eigenvalue weighted by Gasteiger charge is -2.36. The second-order valence-electron chi connectivity index (χ2n) is 5.44. The van der Waals surface area contributed by atoms with Crippen LogP contribution in [0.25, 0.3) is 0 Å². The summed E-state index contributed by atoms with van der Waals surface area (Å²) < 4.78 is 33.7. The van der Waals surface area contributed by atoms with Crippen LogP contribution in [0.3, 0.4) is 0 Å². The van der Waals surface area contributed by atoms with Crippen LogP contribution in [0, 0.1) is 0 Å². The van der Waals surface area contributed by atoms with Crippen molar-refractivity contribution in [2.24, 2.45) is 0 Å². The van der Waals surface area contributed by atoms with Gasteiger partial charge in [-0.15, -0.1) is 0 Å². The van der Waals surface area contributed by atoms with Crippen LogP contribution < -0.4 is 0 Å². The number of ether oxygens (including phenoxy) is 1. The van der Waals surface area contributed by atoms with E-state index in [2.05, 4.69) is 6.58 Å². The van der Waals surface area contributed by atoms with Gasteiger partial charge in [0.15, 0.2) is 5.60 Å². The summed E-state index contributed by atoms with van der Waals surface area (Å²) in [5.74, 6) is -5.69. The van der Waals surface area contributed by atoms with Crippen LogP contribution in [0.4, 0.5) is 13.6 Å². The molecule has 1 unspecified atom stereocenters. The van der Waals surface area contributed by atoms with Gasteiger partial charge in [-0.3, -0.25) is 4.79 Å². The Kier molecular flexibility index (Phi) is 7.83. The van der Waals surface area contributed by atoms with Gasteiger partial charge in [-0.05, 0) is 39.2 Å². The molecule has 0 aliphatic heterocycles. The minimum absolute atomic E-state index is 0.117. The summed E-state index contributed by atoms with van der Waals surface area (Å²) in [4.78, 5) is 25.8. The van der Waals surface area contributed by atoms with E-state index in [1.807, 2.05) is 0 Å².